The molecule has 0 aromatic heterocycles. The summed E-state index contributed by atoms with van der Waals surface area (Å²) in [6, 6.07) is 6.06. The predicted octanol–water partition coefficient (Wildman–Crippen LogP) is 3.30. The molecular weight excluding hydrogens is 182 g/mol. The molecule has 0 aliphatic carbocycles. The van der Waals surface area contributed by atoms with Crippen molar-refractivity contribution >= 4 is 11.6 Å². The first kappa shape index (κ1) is 10.6. The Labute approximate surface area is 84.9 Å². The van der Waals surface area contributed by atoms with Crippen LogP contribution in [0.4, 0.5) is 0 Å². The highest BCUT2D eigenvalue weighted by atomic mass is 35.5. The van der Waals surface area contributed by atoms with Gasteiger partial charge in [0.15, 0.2) is 0 Å². The summed E-state index contributed by atoms with van der Waals surface area (Å²) < 4.78 is 0. The molecular formula is C11H16ClN. The highest BCUT2D eigenvalue weighted by molar-refractivity contribution is 6.30. The van der Waals surface area contributed by atoms with E-state index in [4.69, 9.17) is 17.3 Å². The van der Waals surface area contributed by atoms with E-state index in [1.807, 2.05) is 19.1 Å². The van der Waals surface area contributed by atoms with Crippen LogP contribution in [0.25, 0.3) is 0 Å². The molecule has 0 saturated heterocycles. The molecule has 0 radical (unpaired) electrons. The molecule has 1 aromatic rings. The van der Waals surface area contributed by atoms with Gasteiger partial charge in [0.25, 0.3) is 0 Å². The van der Waals surface area contributed by atoms with Crippen LogP contribution in [0.15, 0.2) is 18.2 Å². The second-order valence-corrected chi connectivity index (χ2v) is 4.27. The van der Waals surface area contributed by atoms with Gasteiger partial charge in [0.05, 0.1) is 0 Å². The highest BCUT2D eigenvalue weighted by Crippen LogP contribution is 2.23. The normalized spacial score (nSPS) is 13.4. The standard InChI is InChI=1S/C11H16ClN/c1-7(2)11(13)9-4-8(3)5-10(12)6-9/h4-7,11H,13H2,1-3H3/t11-/m0/s1. The van der Waals surface area contributed by atoms with Crippen molar-refractivity contribution < 1.29 is 0 Å². The van der Waals surface area contributed by atoms with E-state index < -0.39 is 0 Å². The number of hydrogen-bond acceptors (Lipinski definition) is 1. The summed E-state index contributed by atoms with van der Waals surface area (Å²) in [6.07, 6.45) is 0. The van der Waals surface area contributed by atoms with E-state index in [0.717, 1.165) is 10.6 Å². The second-order valence-electron chi connectivity index (χ2n) is 3.83. The van der Waals surface area contributed by atoms with Crippen LogP contribution in [0.3, 0.4) is 0 Å². The van der Waals surface area contributed by atoms with E-state index in [1.165, 1.54) is 5.56 Å². The zero-order valence-corrected chi connectivity index (χ0v) is 9.10. The number of aryl methyl sites for hydroxylation is 1. The summed E-state index contributed by atoms with van der Waals surface area (Å²) in [5, 5.41) is 0.770. The Kier molecular flexibility index (Phi) is 3.34. The monoisotopic (exact) mass is 197 g/mol. The molecule has 0 spiro atoms. The number of halogens is 1. The molecule has 2 N–H and O–H groups in total. The fourth-order valence-electron chi connectivity index (χ4n) is 1.34. The first-order valence-corrected chi connectivity index (χ1v) is 4.91. The predicted molar refractivity (Wildman–Crippen MR) is 58.0 cm³/mol. The summed E-state index contributed by atoms with van der Waals surface area (Å²) in [5.41, 5.74) is 8.31. The quantitative estimate of drug-likeness (QED) is 0.774. The first-order chi connectivity index (χ1) is 6.00. The van der Waals surface area contributed by atoms with Crippen molar-refractivity contribution in [2.24, 2.45) is 11.7 Å². The zero-order valence-electron chi connectivity index (χ0n) is 8.34. The Morgan fingerprint density at radius 2 is 1.85 bits per heavy atom. The smallest absolute Gasteiger partial charge is 0.0411 e. The van der Waals surface area contributed by atoms with Crippen molar-refractivity contribution in [2.75, 3.05) is 0 Å². The van der Waals surface area contributed by atoms with Gasteiger partial charge in [-0.05, 0) is 36.1 Å². The lowest BCUT2D eigenvalue weighted by atomic mass is 9.96. The lowest BCUT2D eigenvalue weighted by Crippen LogP contribution is -2.16. The second kappa shape index (κ2) is 4.12. The van der Waals surface area contributed by atoms with Crippen LogP contribution in [0.5, 0.6) is 0 Å². The number of hydrogen-bond donors (Lipinski definition) is 1. The van der Waals surface area contributed by atoms with Crippen LogP contribution in [0.1, 0.15) is 31.0 Å². The molecule has 1 atom stereocenters. The van der Waals surface area contributed by atoms with Gasteiger partial charge in [0, 0.05) is 11.1 Å². The molecule has 0 amide bonds. The molecule has 13 heavy (non-hydrogen) atoms. The average Bonchev–Trinajstić information content (AvgIpc) is 2.01. The summed E-state index contributed by atoms with van der Waals surface area (Å²) in [5.74, 6) is 0.442. The lowest BCUT2D eigenvalue weighted by Gasteiger charge is -2.16. The van der Waals surface area contributed by atoms with Gasteiger partial charge < -0.3 is 5.73 Å². The minimum absolute atomic E-state index is 0.0809. The lowest BCUT2D eigenvalue weighted by molar-refractivity contribution is 0.514. The molecule has 0 fully saturated rings. The van der Waals surface area contributed by atoms with Crippen molar-refractivity contribution in [1.82, 2.24) is 0 Å². The summed E-state index contributed by atoms with van der Waals surface area (Å²) in [6.45, 7) is 6.25. The van der Waals surface area contributed by atoms with Gasteiger partial charge in [0.1, 0.15) is 0 Å². The number of nitrogens with two attached hydrogens (primary N) is 1. The maximum atomic E-state index is 6.02. The molecule has 0 saturated carbocycles. The first-order valence-electron chi connectivity index (χ1n) is 4.53. The van der Waals surface area contributed by atoms with E-state index in [1.54, 1.807) is 0 Å². The molecule has 2 heteroatoms. The van der Waals surface area contributed by atoms with Crippen molar-refractivity contribution in [3.63, 3.8) is 0 Å². The van der Waals surface area contributed by atoms with Crippen molar-refractivity contribution in [3.05, 3.63) is 34.3 Å². The molecule has 1 nitrogen and oxygen atoms in total. The Morgan fingerprint density at radius 1 is 1.23 bits per heavy atom. The van der Waals surface area contributed by atoms with E-state index in [2.05, 4.69) is 19.9 Å². The molecule has 1 aromatic carbocycles. The van der Waals surface area contributed by atoms with Crippen molar-refractivity contribution in [3.8, 4) is 0 Å². The molecule has 0 heterocycles. The third-order valence-electron chi connectivity index (χ3n) is 2.17. The fourth-order valence-corrected chi connectivity index (χ4v) is 1.64. The van der Waals surface area contributed by atoms with Crippen LogP contribution in [-0.4, -0.2) is 0 Å². The Morgan fingerprint density at radius 3 is 2.31 bits per heavy atom. The zero-order chi connectivity index (χ0) is 10.0. The molecule has 0 unspecified atom stereocenters. The van der Waals surface area contributed by atoms with Crippen LogP contribution in [0.2, 0.25) is 5.02 Å². The Bertz CT molecular complexity index is 274. The SMILES string of the molecule is Cc1cc(Cl)cc([C@@H](N)C(C)C)c1. The molecule has 0 bridgehead atoms. The number of rotatable bonds is 2. The molecule has 72 valence electrons. The van der Waals surface area contributed by atoms with Gasteiger partial charge in [-0.3, -0.25) is 0 Å². The van der Waals surface area contributed by atoms with Crippen LogP contribution in [-0.2, 0) is 0 Å². The van der Waals surface area contributed by atoms with E-state index in [9.17, 15) is 0 Å². The summed E-state index contributed by atoms with van der Waals surface area (Å²) in [7, 11) is 0. The minimum Gasteiger partial charge on any atom is -0.324 e. The van der Waals surface area contributed by atoms with Gasteiger partial charge >= 0.3 is 0 Å². The van der Waals surface area contributed by atoms with Gasteiger partial charge in [-0.15, -0.1) is 0 Å². The molecule has 1 rings (SSSR count). The van der Waals surface area contributed by atoms with Crippen molar-refractivity contribution in [2.45, 2.75) is 26.8 Å². The van der Waals surface area contributed by atoms with Crippen LogP contribution >= 0.6 is 11.6 Å². The van der Waals surface area contributed by atoms with Crippen LogP contribution in [0, 0.1) is 12.8 Å². The maximum Gasteiger partial charge on any atom is 0.0411 e. The largest absolute Gasteiger partial charge is 0.324 e. The third kappa shape index (κ3) is 2.71. The Balaban J connectivity index is 3.01. The van der Waals surface area contributed by atoms with Gasteiger partial charge in [-0.25, -0.2) is 0 Å². The summed E-state index contributed by atoms with van der Waals surface area (Å²) >= 11 is 5.94. The molecule has 0 aliphatic rings. The van der Waals surface area contributed by atoms with Crippen molar-refractivity contribution in [1.29, 1.82) is 0 Å². The van der Waals surface area contributed by atoms with Gasteiger partial charge in [-0.1, -0.05) is 31.5 Å². The minimum atomic E-state index is 0.0809. The molecule has 0 aliphatic heterocycles. The van der Waals surface area contributed by atoms with Gasteiger partial charge in [-0.2, -0.15) is 0 Å². The average molecular weight is 198 g/mol. The van der Waals surface area contributed by atoms with E-state index in [-0.39, 0.29) is 6.04 Å². The number of benzene rings is 1. The summed E-state index contributed by atoms with van der Waals surface area (Å²) in [4.78, 5) is 0. The Hall–Kier alpha value is -0.530. The fraction of sp³-hybridized carbons (Fsp3) is 0.455. The van der Waals surface area contributed by atoms with Gasteiger partial charge in [0.2, 0.25) is 0 Å². The van der Waals surface area contributed by atoms with Crippen LogP contribution < -0.4 is 5.73 Å². The topological polar surface area (TPSA) is 26.0 Å². The van der Waals surface area contributed by atoms with E-state index in [0.29, 0.717) is 5.92 Å². The van der Waals surface area contributed by atoms with E-state index >= 15 is 0 Å². The third-order valence-corrected chi connectivity index (χ3v) is 2.39. The highest BCUT2D eigenvalue weighted by Gasteiger charge is 2.10. The maximum absolute atomic E-state index is 6.02.